The van der Waals surface area contributed by atoms with Gasteiger partial charge in [0.05, 0.1) is 0 Å². The first-order valence-corrected chi connectivity index (χ1v) is 4.62. The summed E-state index contributed by atoms with van der Waals surface area (Å²) in [5.74, 6) is -0.531. The minimum atomic E-state index is -2.72. The maximum Gasteiger partial charge on any atom is 0.258 e. The Morgan fingerprint density at radius 2 is 1.86 bits per heavy atom. The Kier molecular flexibility index (Phi) is 3.67. The van der Waals surface area contributed by atoms with Crippen LogP contribution in [0.5, 0.6) is 0 Å². The SMILES string of the molecule is Cc1cc(C(Cl)C(F)F)c(Cl)cc1F. The van der Waals surface area contributed by atoms with Gasteiger partial charge in [0.25, 0.3) is 6.43 Å². The predicted octanol–water partition coefficient (Wildman–Crippen LogP) is 4.33. The molecule has 0 aliphatic heterocycles. The van der Waals surface area contributed by atoms with Crippen LogP contribution in [-0.2, 0) is 0 Å². The van der Waals surface area contributed by atoms with E-state index in [9.17, 15) is 13.2 Å². The van der Waals surface area contributed by atoms with Gasteiger partial charge in [-0.15, -0.1) is 11.6 Å². The Bertz CT molecular complexity index is 339. The van der Waals surface area contributed by atoms with Crippen LogP contribution in [0.25, 0.3) is 0 Å². The van der Waals surface area contributed by atoms with E-state index in [2.05, 4.69) is 0 Å². The molecule has 0 N–H and O–H groups in total. The van der Waals surface area contributed by atoms with Crippen LogP contribution < -0.4 is 0 Å². The fourth-order valence-electron chi connectivity index (χ4n) is 1.03. The van der Waals surface area contributed by atoms with Crippen LogP contribution in [-0.4, -0.2) is 6.43 Å². The van der Waals surface area contributed by atoms with Crippen molar-refractivity contribution in [2.75, 3.05) is 0 Å². The maximum atomic E-state index is 12.9. The van der Waals surface area contributed by atoms with Gasteiger partial charge >= 0.3 is 0 Å². The van der Waals surface area contributed by atoms with Gasteiger partial charge in [-0.1, -0.05) is 11.6 Å². The molecule has 0 nitrogen and oxygen atoms in total. The Morgan fingerprint density at radius 1 is 1.29 bits per heavy atom. The number of benzene rings is 1. The molecule has 1 aromatic carbocycles. The lowest BCUT2D eigenvalue weighted by Crippen LogP contribution is -2.03. The molecule has 0 aliphatic carbocycles. The van der Waals surface area contributed by atoms with E-state index < -0.39 is 17.6 Å². The van der Waals surface area contributed by atoms with Gasteiger partial charge in [0.15, 0.2) is 0 Å². The van der Waals surface area contributed by atoms with Crippen molar-refractivity contribution in [3.63, 3.8) is 0 Å². The quantitative estimate of drug-likeness (QED) is 0.678. The van der Waals surface area contributed by atoms with E-state index in [4.69, 9.17) is 23.2 Å². The van der Waals surface area contributed by atoms with E-state index in [1.54, 1.807) is 0 Å². The lowest BCUT2D eigenvalue weighted by molar-refractivity contribution is 0.143. The summed E-state index contributed by atoms with van der Waals surface area (Å²) < 4.78 is 37.4. The molecular weight excluding hydrogens is 236 g/mol. The smallest absolute Gasteiger partial charge is 0.208 e. The van der Waals surface area contributed by atoms with Crippen molar-refractivity contribution in [3.05, 3.63) is 34.1 Å². The normalized spacial score (nSPS) is 13.4. The first-order valence-electron chi connectivity index (χ1n) is 3.81. The van der Waals surface area contributed by atoms with Crippen LogP contribution in [0.3, 0.4) is 0 Å². The van der Waals surface area contributed by atoms with Gasteiger partial charge in [-0.3, -0.25) is 0 Å². The first kappa shape index (κ1) is 11.7. The van der Waals surface area contributed by atoms with Crippen LogP contribution in [0.1, 0.15) is 16.5 Å². The largest absolute Gasteiger partial charge is 0.258 e. The average molecular weight is 243 g/mol. The molecule has 0 aromatic heterocycles. The van der Waals surface area contributed by atoms with Crippen molar-refractivity contribution in [2.45, 2.75) is 18.7 Å². The molecule has 0 saturated heterocycles. The molecule has 0 heterocycles. The second kappa shape index (κ2) is 4.41. The molecule has 1 rings (SSSR count). The number of rotatable bonds is 2. The third-order valence-electron chi connectivity index (χ3n) is 1.80. The van der Waals surface area contributed by atoms with Crippen molar-refractivity contribution in [3.8, 4) is 0 Å². The Hall–Kier alpha value is -0.410. The van der Waals surface area contributed by atoms with Crippen LogP contribution >= 0.6 is 23.2 Å². The van der Waals surface area contributed by atoms with E-state index in [1.807, 2.05) is 0 Å². The number of alkyl halides is 3. The zero-order chi connectivity index (χ0) is 10.9. The number of hydrogen-bond acceptors (Lipinski definition) is 0. The number of halogens is 5. The molecule has 0 spiro atoms. The lowest BCUT2D eigenvalue weighted by Gasteiger charge is -2.11. The molecule has 1 atom stereocenters. The first-order chi connectivity index (χ1) is 6.43. The zero-order valence-corrected chi connectivity index (χ0v) is 8.71. The van der Waals surface area contributed by atoms with Gasteiger partial charge in [0.1, 0.15) is 11.2 Å². The van der Waals surface area contributed by atoms with E-state index in [1.165, 1.54) is 13.0 Å². The summed E-state index contributed by atoms with van der Waals surface area (Å²) in [5, 5.41) is -1.57. The van der Waals surface area contributed by atoms with Crippen molar-refractivity contribution < 1.29 is 13.2 Å². The highest BCUT2D eigenvalue weighted by Crippen LogP contribution is 2.34. The van der Waals surface area contributed by atoms with Crippen molar-refractivity contribution in [2.24, 2.45) is 0 Å². The molecule has 1 unspecified atom stereocenters. The molecule has 0 amide bonds. The third-order valence-corrected chi connectivity index (χ3v) is 2.55. The van der Waals surface area contributed by atoms with Crippen LogP contribution in [0.4, 0.5) is 13.2 Å². The summed E-state index contributed by atoms with van der Waals surface area (Å²) in [6.45, 7) is 1.46. The van der Waals surface area contributed by atoms with E-state index >= 15 is 0 Å². The summed E-state index contributed by atoms with van der Waals surface area (Å²) in [4.78, 5) is 0. The molecule has 0 saturated carbocycles. The van der Waals surface area contributed by atoms with E-state index in [0.29, 0.717) is 0 Å². The molecule has 1 aromatic rings. The molecule has 0 aliphatic rings. The zero-order valence-electron chi connectivity index (χ0n) is 7.20. The van der Waals surface area contributed by atoms with Gasteiger partial charge in [-0.25, -0.2) is 13.2 Å². The molecule has 0 bridgehead atoms. The standard InChI is InChI=1S/C9H7Cl2F3/c1-4-2-5(8(11)9(13)14)6(10)3-7(4)12/h2-3,8-9H,1H3. The average Bonchev–Trinajstić information content (AvgIpc) is 2.10. The lowest BCUT2D eigenvalue weighted by atomic mass is 10.1. The molecule has 14 heavy (non-hydrogen) atoms. The van der Waals surface area contributed by atoms with E-state index in [0.717, 1.165) is 6.07 Å². The second-order valence-electron chi connectivity index (χ2n) is 2.86. The Labute approximate surface area is 89.6 Å². The molecule has 78 valence electrons. The molecular formula is C9H7Cl2F3. The van der Waals surface area contributed by atoms with E-state index in [-0.39, 0.29) is 16.1 Å². The van der Waals surface area contributed by atoms with Crippen molar-refractivity contribution >= 4 is 23.2 Å². The maximum absolute atomic E-state index is 12.9. The fourth-order valence-corrected chi connectivity index (χ4v) is 1.53. The summed E-state index contributed by atoms with van der Waals surface area (Å²) >= 11 is 11.0. The summed E-state index contributed by atoms with van der Waals surface area (Å²) in [6, 6.07) is 2.23. The van der Waals surface area contributed by atoms with Crippen molar-refractivity contribution in [1.82, 2.24) is 0 Å². The summed E-state index contributed by atoms with van der Waals surface area (Å²) in [7, 11) is 0. The fraction of sp³-hybridized carbons (Fsp3) is 0.333. The summed E-state index contributed by atoms with van der Waals surface area (Å²) in [5.41, 5.74) is 0.304. The predicted molar refractivity (Wildman–Crippen MR) is 50.7 cm³/mol. The highest BCUT2D eigenvalue weighted by Gasteiger charge is 2.22. The third kappa shape index (κ3) is 2.34. The van der Waals surface area contributed by atoms with Crippen LogP contribution in [0.2, 0.25) is 5.02 Å². The molecule has 0 radical (unpaired) electrons. The van der Waals surface area contributed by atoms with Crippen LogP contribution in [0.15, 0.2) is 12.1 Å². The Morgan fingerprint density at radius 3 is 2.36 bits per heavy atom. The monoisotopic (exact) mass is 242 g/mol. The second-order valence-corrected chi connectivity index (χ2v) is 3.74. The van der Waals surface area contributed by atoms with Gasteiger partial charge < -0.3 is 0 Å². The minimum absolute atomic E-state index is 0.0576. The topological polar surface area (TPSA) is 0 Å². The van der Waals surface area contributed by atoms with Gasteiger partial charge in [0, 0.05) is 5.02 Å². The summed E-state index contributed by atoms with van der Waals surface area (Å²) in [6.07, 6.45) is -2.72. The number of aryl methyl sites for hydroxylation is 1. The molecule has 0 fully saturated rings. The number of hydrogen-bond donors (Lipinski definition) is 0. The van der Waals surface area contributed by atoms with Crippen LogP contribution in [0, 0.1) is 12.7 Å². The van der Waals surface area contributed by atoms with Gasteiger partial charge in [0.2, 0.25) is 0 Å². The highest BCUT2D eigenvalue weighted by atomic mass is 35.5. The minimum Gasteiger partial charge on any atom is -0.208 e. The molecule has 5 heteroatoms. The van der Waals surface area contributed by atoms with Gasteiger partial charge in [-0.2, -0.15) is 0 Å². The Balaban J connectivity index is 3.15. The van der Waals surface area contributed by atoms with Crippen molar-refractivity contribution in [1.29, 1.82) is 0 Å². The highest BCUT2D eigenvalue weighted by molar-refractivity contribution is 6.32. The van der Waals surface area contributed by atoms with Gasteiger partial charge in [-0.05, 0) is 30.2 Å².